The SMILES string of the molecule is COc1cc(/C=C2\SC(=S)N(c3cccc(C(=O)O)c3)C2=O)cc(Br)c1OCc1ccccc1Cl. The van der Waals surface area contributed by atoms with Gasteiger partial charge < -0.3 is 14.6 Å². The second kappa shape index (κ2) is 10.8. The van der Waals surface area contributed by atoms with Crippen molar-refractivity contribution in [1.29, 1.82) is 0 Å². The molecule has 1 fully saturated rings. The molecule has 0 spiro atoms. The Labute approximate surface area is 224 Å². The average Bonchev–Trinajstić information content (AvgIpc) is 3.11. The summed E-state index contributed by atoms with van der Waals surface area (Å²) in [6, 6.07) is 17.1. The molecule has 178 valence electrons. The van der Waals surface area contributed by atoms with Crippen LogP contribution in [0.3, 0.4) is 0 Å². The van der Waals surface area contributed by atoms with Crippen LogP contribution in [0.1, 0.15) is 21.5 Å². The second-order valence-electron chi connectivity index (χ2n) is 7.29. The summed E-state index contributed by atoms with van der Waals surface area (Å²) >= 11 is 16.3. The molecule has 0 saturated carbocycles. The Morgan fingerprint density at radius 3 is 2.69 bits per heavy atom. The van der Waals surface area contributed by atoms with Gasteiger partial charge in [0, 0.05) is 10.6 Å². The number of hydrogen-bond donors (Lipinski definition) is 1. The van der Waals surface area contributed by atoms with Crippen LogP contribution >= 0.6 is 51.5 Å². The van der Waals surface area contributed by atoms with Crippen molar-refractivity contribution < 1.29 is 24.2 Å². The number of nitrogens with zero attached hydrogens (tertiary/aromatic N) is 1. The van der Waals surface area contributed by atoms with Crippen LogP contribution in [0.25, 0.3) is 6.08 Å². The molecule has 0 unspecified atom stereocenters. The molecule has 0 bridgehead atoms. The monoisotopic (exact) mass is 589 g/mol. The molecule has 1 saturated heterocycles. The zero-order valence-electron chi connectivity index (χ0n) is 18.2. The van der Waals surface area contributed by atoms with Crippen molar-refractivity contribution in [3.8, 4) is 11.5 Å². The van der Waals surface area contributed by atoms with E-state index in [9.17, 15) is 14.7 Å². The summed E-state index contributed by atoms with van der Waals surface area (Å²) in [5, 5.41) is 9.87. The van der Waals surface area contributed by atoms with E-state index in [1.54, 1.807) is 30.3 Å². The summed E-state index contributed by atoms with van der Waals surface area (Å²) in [6.45, 7) is 0.252. The van der Waals surface area contributed by atoms with Gasteiger partial charge >= 0.3 is 5.97 Å². The van der Waals surface area contributed by atoms with Crippen LogP contribution in [0.4, 0.5) is 5.69 Å². The second-order valence-corrected chi connectivity index (χ2v) is 10.2. The van der Waals surface area contributed by atoms with E-state index in [1.165, 1.54) is 24.1 Å². The normalized spacial score (nSPS) is 14.5. The van der Waals surface area contributed by atoms with Crippen molar-refractivity contribution in [2.24, 2.45) is 0 Å². The third-order valence-corrected chi connectivity index (χ3v) is 7.28. The highest BCUT2D eigenvalue weighted by Crippen LogP contribution is 2.40. The third kappa shape index (κ3) is 5.54. The number of methoxy groups -OCH3 is 1. The maximum absolute atomic E-state index is 13.1. The molecule has 3 aromatic rings. The maximum atomic E-state index is 13.1. The Kier molecular flexibility index (Phi) is 7.81. The van der Waals surface area contributed by atoms with Crippen LogP contribution in [-0.2, 0) is 11.4 Å². The lowest BCUT2D eigenvalue weighted by Crippen LogP contribution is -2.27. The molecule has 1 amide bonds. The number of amides is 1. The van der Waals surface area contributed by atoms with Crippen molar-refractivity contribution in [3.63, 3.8) is 0 Å². The molecule has 0 atom stereocenters. The van der Waals surface area contributed by atoms with Gasteiger partial charge in [-0.15, -0.1) is 0 Å². The molecule has 4 rings (SSSR count). The van der Waals surface area contributed by atoms with E-state index in [2.05, 4.69) is 15.9 Å². The van der Waals surface area contributed by atoms with Gasteiger partial charge in [-0.25, -0.2) is 4.79 Å². The van der Waals surface area contributed by atoms with Crippen LogP contribution in [0.2, 0.25) is 5.02 Å². The van der Waals surface area contributed by atoms with Crippen LogP contribution in [-0.4, -0.2) is 28.4 Å². The predicted octanol–water partition coefficient (Wildman–Crippen LogP) is 6.79. The quantitative estimate of drug-likeness (QED) is 0.240. The minimum Gasteiger partial charge on any atom is -0.493 e. The minimum atomic E-state index is -1.08. The molecule has 1 N–H and O–H groups in total. The summed E-state index contributed by atoms with van der Waals surface area (Å²) in [7, 11) is 1.53. The standard InChI is InChI=1S/C25H17BrClNO5S2/c1-32-20-10-14(9-18(26)22(20)33-13-16-5-2-3-8-19(16)27)11-21-23(29)28(25(34)35-21)17-7-4-6-15(12-17)24(30)31/h2-12H,13H2,1H3,(H,30,31)/b21-11-. The van der Waals surface area contributed by atoms with Gasteiger partial charge in [0.15, 0.2) is 15.8 Å². The molecule has 0 radical (unpaired) electrons. The number of carboxylic acid groups (broad SMARTS) is 1. The summed E-state index contributed by atoms with van der Waals surface area (Å²) in [5.41, 5.74) is 2.00. The highest BCUT2D eigenvalue weighted by molar-refractivity contribution is 9.10. The highest BCUT2D eigenvalue weighted by Gasteiger charge is 2.33. The first-order valence-electron chi connectivity index (χ1n) is 10.1. The Hall–Kier alpha value is -2.85. The molecule has 35 heavy (non-hydrogen) atoms. The molecule has 0 aliphatic carbocycles. The van der Waals surface area contributed by atoms with Crippen molar-refractivity contribution in [3.05, 3.63) is 91.8 Å². The number of thioether (sulfide) groups is 1. The Morgan fingerprint density at radius 1 is 1.20 bits per heavy atom. The number of carboxylic acids is 1. The van der Waals surface area contributed by atoms with Gasteiger partial charge in [0.1, 0.15) is 6.61 Å². The number of rotatable bonds is 7. The summed E-state index contributed by atoms with van der Waals surface area (Å²) in [6.07, 6.45) is 1.70. The van der Waals surface area contributed by atoms with Gasteiger partial charge in [-0.2, -0.15) is 0 Å². The molecule has 10 heteroatoms. The van der Waals surface area contributed by atoms with Crippen molar-refractivity contribution >= 4 is 79.5 Å². The average molecular weight is 591 g/mol. The summed E-state index contributed by atoms with van der Waals surface area (Å²) < 4.78 is 12.4. The zero-order chi connectivity index (χ0) is 25.1. The van der Waals surface area contributed by atoms with Gasteiger partial charge in [-0.05, 0) is 64.0 Å². The van der Waals surface area contributed by atoms with E-state index in [0.29, 0.717) is 41.5 Å². The molecule has 1 aliphatic heterocycles. The van der Waals surface area contributed by atoms with Crippen LogP contribution in [0, 0.1) is 0 Å². The van der Waals surface area contributed by atoms with E-state index in [-0.39, 0.29) is 18.1 Å². The smallest absolute Gasteiger partial charge is 0.335 e. The molecule has 6 nitrogen and oxygen atoms in total. The van der Waals surface area contributed by atoms with E-state index in [0.717, 1.165) is 17.3 Å². The lowest BCUT2D eigenvalue weighted by Gasteiger charge is -2.15. The Bertz CT molecular complexity index is 1380. The first kappa shape index (κ1) is 25.2. The Morgan fingerprint density at radius 2 is 1.97 bits per heavy atom. The van der Waals surface area contributed by atoms with Gasteiger partial charge in [-0.1, -0.05) is 59.8 Å². The van der Waals surface area contributed by atoms with Crippen LogP contribution in [0.15, 0.2) is 70.0 Å². The Balaban J connectivity index is 1.59. The fourth-order valence-electron chi connectivity index (χ4n) is 3.35. The number of ether oxygens (including phenoxy) is 2. The number of carbonyl (C=O) groups excluding carboxylic acids is 1. The van der Waals surface area contributed by atoms with Crippen LogP contribution in [0.5, 0.6) is 11.5 Å². The number of benzene rings is 3. The number of anilines is 1. The predicted molar refractivity (Wildman–Crippen MR) is 146 cm³/mol. The van der Waals surface area contributed by atoms with Crippen LogP contribution < -0.4 is 14.4 Å². The lowest BCUT2D eigenvalue weighted by molar-refractivity contribution is -0.113. The van der Waals surface area contributed by atoms with Gasteiger partial charge in [0.25, 0.3) is 5.91 Å². The molecule has 1 heterocycles. The van der Waals surface area contributed by atoms with E-state index >= 15 is 0 Å². The molecule has 3 aromatic carbocycles. The molecule has 0 aromatic heterocycles. The van der Waals surface area contributed by atoms with Gasteiger partial charge in [0.05, 0.1) is 27.7 Å². The maximum Gasteiger partial charge on any atom is 0.335 e. The summed E-state index contributed by atoms with van der Waals surface area (Å²) in [5.74, 6) is -0.441. The van der Waals surface area contributed by atoms with Crippen molar-refractivity contribution in [2.75, 3.05) is 12.0 Å². The van der Waals surface area contributed by atoms with Gasteiger partial charge in [-0.3, -0.25) is 9.69 Å². The number of carbonyl (C=O) groups is 2. The first-order chi connectivity index (χ1) is 16.8. The largest absolute Gasteiger partial charge is 0.493 e. The number of hydrogen-bond acceptors (Lipinski definition) is 6. The van der Waals surface area contributed by atoms with E-state index < -0.39 is 5.97 Å². The fraction of sp³-hybridized carbons (Fsp3) is 0.0800. The highest BCUT2D eigenvalue weighted by atomic mass is 79.9. The minimum absolute atomic E-state index is 0.0709. The molecular weight excluding hydrogens is 574 g/mol. The third-order valence-electron chi connectivity index (χ3n) is 5.02. The number of aromatic carboxylic acids is 1. The van der Waals surface area contributed by atoms with Crippen molar-refractivity contribution in [1.82, 2.24) is 0 Å². The zero-order valence-corrected chi connectivity index (χ0v) is 22.1. The van der Waals surface area contributed by atoms with Gasteiger partial charge in [0.2, 0.25) is 0 Å². The lowest BCUT2D eigenvalue weighted by atomic mass is 10.1. The first-order valence-corrected chi connectivity index (χ1v) is 12.5. The molecule has 1 aliphatic rings. The van der Waals surface area contributed by atoms with E-state index in [4.69, 9.17) is 33.3 Å². The van der Waals surface area contributed by atoms with E-state index in [1.807, 2.05) is 24.3 Å². The summed E-state index contributed by atoms with van der Waals surface area (Å²) in [4.78, 5) is 26.2. The topological polar surface area (TPSA) is 76.1 Å². The fourth-order valence-corrected chi connectivity index (χ4v) is 5.41. The molecular formula is C25H17BrClNO5S2. The number of thiocarbonyl (C=S) groups is 1. The number of halogens is 2. The van der Waals surface area contributed by atoms with Crippen molar-refractivity contribution in [2.45, 2.75) is 6.61 Å².